The predicted molar refractivity (Wildman–Crippen MR) is 209 cm³/mol. The van der Waals surface area contributed by atoms with Crippen LogP contribution in [-0.2, 0) is 6.18 Å². The molecular formula is C46H23F3N6. The van der Waals surface area contributed by atoms with Crippen LogP contribution in [0, 0.1) is 34.0 Å². The summed E-state index contributed by atoms with van der Waals surface area (Å²) >= 11 is 0. The van der Waals surface area contributed by atoms with Crippen molar-refractivity contribution in [1.82, 2.24) is 13.7 Å². The number of nitriles is 3. The van der Waals surface area contributed by atoms with Crippen LogP contribution in [0.4, 0.5) is 13.2 Å². The van der Waals surface area contributed by atoms with Crippen molar-refractivity contribution in [3.8, 4) is 35.3 Å². The van der Waals surface area contributed by atoms with E-state index in [1.165, 1.54) is 6.07 Å². The highest BCUT2D eigenvalue weighted by atomic mass is 19.4. The number of hydrogen-bond acceptors (Lipinski definition) is 3. The van der Waals surface area contributed by atoms with Gasteiger partial charge in [0.2, 0.25) is 0 Å². The minimum absolute atomic E-state index is 0.0201. The third-order valence-corrected chi connectivity index (χ3v) is 10.6. The summed E-state index contributed by atoms with van der Waals surface area (Å²) < 4.78 is 48.0. The second kappa shape index (κ2) is 11.6. The number of halogens is 3. The Balaban J connectivity index is 1.50. The molecule has 0 fully saturated rings. The lowest BCUT2D eigenvalue weighted by Crippen LogP contribution is -2.14. The zero-order valence-electron chi connectivity index (χ0n) is 28.6. The molecule has 6 nitrogen and oxygen atoms in total. The summed E-state index contributed by atoms with van der Waals surface area (Å²) in [6, 6.07) is 48.7. The van der Waals surface area contributed by atoms with Gasteiger partial charge in [0.1, 0.15) is 34.9 Å². The zero-order valence-corrected chi connectivity index (χ0v) is 28.6. The maximum atomic E-state index is 14.2. The molecule has 0 aliphatic rings. The van der Waals surface area contributed by atoms with Crippen LogP contribution >= 0.6 is 0 Å². The van der Waals surface area contributed by atoms with E-state index in [0.717, 1.165) is 55.7 Å². The second-order valence-electron chi connectivity index (χ2n) is 13.3. The molecule has 7 aromatic carbocycles. The minimum Gasteiger partial charge on any atom is -0.306 e. The first kappa shape index (κ1) is 31.9. The molecule has 3 heterocycles. The molecule has 0 amide bonds. The normalized spacial score (nSPS) is 11.9. The molecule has 0 spiro atoms. The van der Waals surface area contributed by atoms with E-state index in [1.807, 2.05) is 106 Å². The molecule has 0 radical (unpaired) electrons. The molecule has 9 heteroatoms. The maximum absolute atomic E-state index is 14.2. The number of para-hydroxylation sites is 5. The van der Waals surface area contributed by atoms with Gasteiger partial charge < -0.3 is 13.7 Å². The van der Waals surface area contributed by atoms with Crippen LogP contribution in [0.1, 0.15) is 22.3 Å². The quantitative estimate of drug-likeness (QED) is 0.182. The smallest absolute Gasteiger partial charge is 0.306 e. The molecule has 0 saturated heterocycles. The standard InChI is InChI=1S/C46H23F3N6/c47-46(48,49)27-21-22-42-33(23-27)32-15-5-10-20-41(32)55(42)45-35(25-51)43(53-37-16-6-1-11-28(37)29-12-2-7-17-38(29)53)34(24-50)44(36(45)26-52)54-39-18-8-3-13-30(39)31-14-4-9-19-40(31)54/h1-23H. The van der Waals surface area contributed by atoms with Crippen molar-refractivity contribution in [3.05, 3.63) is 162 Å². The Bertz CT molecular complexity index is 3150. The van der Waals surface area contributed by atoms with Gasteiger partial charge in [0.25, 0.3) is 0 Å². The van der Waals surface area contributed by atoms with Gasteiger partial charge in [-0.05, 0) is 48.5 Å². The average Bonchev–Trinajstić information content (AvgIpc) is 3.85. The highest BCUT2D eigenvalue weighted by Crippen LogP contribution is 2.45. The molecule has 0 bridgehead atoms. The zero-order chi connectivity index (χ0) is 37.6. The SMILES string of the molecule is N#Cc1c(-n2c3ccccc3c3ccccc32)c(C#N)c(-n2c3ccccc3c3cc(C(F)(F)F)ccc32)c(C#N)c1-n1c2ccccc2c2ccccc21. The summed E-state index contributed by atoms with van der Waals surface area (Å²) in [5, 5.41) is 38.6. The number of benzene rings is 7. The van der Waals surface area contributed by atoms with Gasteiger partial charge in [-0.1, -0.05) is 91.0 Å². The monoisotopic (exact) mass is 716 g/mol. The Labute approximate surface area is 310 Å². The molecule has 10 rings (SSSR count). The van der Waals surface area contributed by atoms with Gasteiger partial charge in [-0.25, -0.2) is 0 Å². The first-order valence-corrected chi connectivity index (χ1v) is 17.4. The van der Waals surface area contributed by atoms with Crippen molar-refractivity contribution in [2.24, 2.45) is 0 Å². The topological polar surface area (TPSA) is 86.2 Å². The van der Waals surface area contributed by atoms with Crippen molar-refractivity contribution in [2.75, 3.05) is 0 Å². The Hall–Kier alpha value is -7.80. The van der Waals surface area contributed by atoms with Gasteiger partial charge in [0.15, 0.2) is 0 Å². The summed E-state index contributed by atoms with van der Waals surface area (Å²) in [5.41, 5.74) is 3.78. The molecule has 0 aliphatic carbocycles. The van der Waals surface area contributed by atoms with Crippen LogP contribution in [0.15, 0.2) is 140 Å². The summed E-state index contributed by atoms with van der Waals surface area (Å²) in [5.74, 6) is 0. The molecule has 3 aromatic heterocycles. The van der Waals surface area contributed by atoms with E-state index < -0.39 is 11.7 Å². The summed E-state index contributed by atoms with van der Waals surface area (Å²) in [4.78, 5) is 0. The summed E-state index contributed by atoms with van der Waals surface area (Å²) in [6.45, 7) is 0. The lowest BCUT2D eigenvalue weighted by molar-refractivity contribution is -0.137. The van der Waals surface area contributed by atoms with Crippen molar-refractivity contribution in [3.63, 3.8) is 0 Å². The fourth-order valence-corrected chi connectivity index (χ4v) is 8.42. The predicted octanol–water partition coefficient (Wildman–Crippen LogP) is 11.6. The molecule has 0 N–H and O–H groups in total. The molecule has 55 heavy (non-hydrogen) atoms. The van der Waals surface area contributed by atoms with E-state index >= 15 is 0 Å². The number of aromatic nitrogens is 3. The van der Waals surface area contributed by atoms with E-state index in [1.54, 1.807) is 28.8 Å². The highest BCUT2D eigenvalue weighted by Gasteiger charge is 2.34. The molecule has 0 unspecified atom stereocenters. The van der Waals surface area contributed by atoms with Crippen LogP contribution in [-0.4, -0.2) is 13.7 Å². The van der Waals surface area contributed by atoms with Gasteiger partial charge in [-0.2, -0.15) is 29.0 Å². The van der Waals surface area contributed by atoms with Gasteiger partial charge in [-0.3, -0.25) is 0 Å². The van der Waals surface area contributed by atoms with Gasteiger partial charge >= 0.3 is 6.18 Å². The van der Waals surface area contributed by atoms with Gasteiger partial charge in [-0.15, -0.1) is 0 Å². The molecule has 0 atom stereocenters. The number of hydrogen-bond donors (Lipinski definition) is 0. The van der Waals surface area contributed by atoms with Crippen molar-refractivity contribution in [2.45, 2.75) is 6.18 Å². The van der Waals surface area contributed by atoms with E-state index in [4.69, 9.17) is 0 Å². The number of rotatable bonds is 3. The van der Waals surface area contributed by atoms with E-state index in [-0.39, 0.29) is 33.8 Å². The van der Waals surface area contributed by atoms with E-state index in [9.17, 15) is 29.0 Å². The lowest BCUT2D eigenvalue weighted by atomic mass is 9.96. The molecule has 10 aromatic rings. The van der Waals surface area contributed by atoms with Gasteiger partial charge in [0.05, 0.1) is 55.7 Å². The first-order chi connectivity index (χ1) is 26.9. The Morgan fingerprint density at radius 1 is 0.364 bits per heavy atom. The van der Waals surface area contributed by atoms with Crippen LogP contribution in [0.2, 0.25) is 0 Å². The van der Waals surface area contributed by atoms with Crippen LogP contribution in [0.3, 0.4) is 0 Å². The second-order valence-corrected chi connectivity index (χ2v) is 13.3. The molecule has 0 saturated carbocycles. The fraction of sp³-hybridized carbons (Fsp3) is 0.0217. The van der Waals surface area contributed by atoms with Crippen molar-refractivity contribution in [1.29, 1.82) is 15.8 Å². The van der Waals surface area contributed by atoms with Crippen molar-refractivity contribution >= 4 is 65.4 Å². The Morgan fingerprint density at radius 2 is 0.636 bits per heavy atom. The molecule has 258 valence electrons. The van der Waals surface area contributed by atoms with E-state index in [0.29, 0.717) is 21.8 Å². The number of alkyl halides is 3. The van der Waals surface area contributed by atoms with E-state index in [2.05, 4.69) is 18.2 Å². The third-order valence-electron chi connectivity index (χ3n) is 10.6. The van der Waals surface area contributed by atoms with Gasteiger partial charge in [0, 0.05) is 32.3 Å². The van der Waals surface area contributed by atoms with Crippen LogP contribution < -0.4 is 0 Å². The Kier molecular flexibility index (Phi) is 6.73. The number of fused-ring (bicyclic) bond motifs is 9. The average molecular weight is 717 g/mol. The molecular weight excluding hydrogens is 694 g/mol. The maximum Gasteiger partial charge on any atom is 0.416 e. The van der Waals surface area contributed by atoms with Crippen LogP contribution in [0.25, 0.3) is 82.5 Å². The number of nitrogens with zero attached hydrogens (tertiary/aromatic N) is 6. The van der Waals surface area contributed by atoms with Crippen LogP contribution in [0.5, 0.6) is 0 Å². The lowest BCUT2D eigenvalue weighted by Gasteiger charge is -2.23. The third kappa shape index (κ3) is 4.34. The fourth-order valence-electron chi connectivity index (χ4n) is 8.42. The highest BCUT2D eigenvalue weighted by molar-refractivity contribution is 6.13. The largest absolute Gasteiger partial charge is 0.416 e. The summed E-state index contributed by atoms with van der Waals surface area (Å²) in [7, 11) is 0. The minimum atomic E-state index is -4.60. The van der Waals surface area contributed by atoms with Crippen molar-refractivity contribution < 1.29 is 13.2 Å². The summed E-state index contributed by atoms with van der Waals surface area (Å²) in [6.07, 6.45) is -4.60. The Morgan fingerprint density at radius 3 is 0.927 bits per heavy atom. The first-order valence-electron chi connectivity index (χ1n) is 17.4. The molecule has 0 aliphatic heterocycles.